The second-order valence-electron chi connectivity index (χ2n) is 17.7. The standard InChI is InChI=1S/C24H40N5O4Si2.3C4H9.Sn/c1-14-19-28-16-18(25)26-13-27-20(16)29(19)21-17(33-35(10,11)23(5,6)7)24(14,30)15(32-21)12-31-34(8,9)22(2,3)4;3*1-3-4-2;/h1,13,15,17,21,30H,12H2,2-11H3,(H2,25,26,27);3*1,3-4H2,2H3;/t15-,17+,21-,24-;;;;/m1..../s1. The Morgan fingerprint density at radius 1 is 0.938 bits per heavy atom. The predicted molar refractivity (Wildman–Crippen MR) is 207 cm³/mol. The van der Waals surface area contributed by atoms with E-state index in [0.29, 0.717) is 29.4 Å². The van der Waals surface area contributed by atoms with Gasteiger partial charge in [0.05, 0.1) is 0 Å². The normalized spacial score (nSPS) is 24.5. The molecule has 2 aromatic rings. The van der Waals surface area contributed by atoms with E-state index in [1.165, 1.54) is 58.2 Å². The van der Waals surface area contributed by atoms with Crippen LogP contribution in [0.4, 0.5) is 5.82 Å². The number of aliphatic hydroxyl groups is 1. The number of nitrogens with two attached hydrogens (primary N) is 1. The van der Waals surface area contributed by atoms with E-state index in [-0.39, 0.29) is 10.1 Å². The van der Waals surface area contributed by atoms with E-state index in [0.717, 1.165) is 5.57 Å². The van der Waals surface area contributed by atoms with Crippen LogP contribution in [0.1, 0.15) is 113 Å². The van der Waals surface area contributed by atoms with E-state index in [1.807, 2.05) is 0 Å². The number of hydrogen-bond acceptors (Lipinski definition) is 8. The molecule has 1 saturated heterocycles. The molecule has 0 aromatic carbocycles. The molecule has 9 nitrogen and oxygen atoms in total. The first kappa shape index (κ1) is 39.9. The Labute approximate surface area is 297 Å². The molecule has 2 aliphatic heterocycles. The van der Waals surface area contributed by atoms with Gasteiger partial charge in [0.15, 0.2) is 0 Å². The Balaban J connectivity index is 2.05. The minimum atomic E-state index is -3.09. The first-order valence-electron chi connectivity index (χ1n) is 18.6. The fourth-order valence-electron chi connectivity index (χ4n) is 6.78. The molecule has 2 bridgehead atoms. The number of fused-ring (bicyclic) bond motifs is 6. The molecule has 0 aliphatic carbocycles. The number of nitrogen functional groups attached to an aromatic ring is 1. The average Bonchev–Trinajstić information content (AvgIpc) is 3.47. The van der Waals surface area contributed by atoms with Crippen molar-refractivity contribution in [3.8, 4) is 0 Å². The summed E-state index contributed by atoms with van der Waals surface area (Å²) in [6.45, 7) is 29.7. The van der Waals surface area contributed by atoms with Gasteiger partial charge in [0.1, 0.15) is 0 Å². The molecule has 48 heavy (non-hydrogen) atoms. The van der Waals surface area contributed by atoms with E-state index < -0.39 is 59.0 Å². The number of nitrogens with zero attached hydrogens (tertiary/aromatic N) is 4. The van der Waals surface area contributed by atoms with Crippen LogP contribution in [0, 0.1) is 0 Å². The van der Waals surface area contributed by atoms with Gasteiger partial charge < -0.3 is 0 Å². The Kier molecular flexibility index (Phi) is 12.2. The van der Waals surface area contributed by atoms with Crippen molar-refractivity contribution in [1.29, 1.82) is 0 Å². The summed E-state index contributed by atoms with van der Waals surface area (Å²) in [6, 6.07) is 0. The van der Waals surface area contributed by atoms with Gasteiger partial charge in [-0.15, -0.1) is 0 Å². The number of unbranched alkanes of at least 4 members (excludes halogenated alkanes) is 3. The summed E-state index contributed by atoms with van der Waals surface area (Å²) in [5.41, 5.74) is 7.04. The topological polar surface area (TPSA) is 118 Å². The molecule has 272 valence electrons. The summed E-state index contributed by atoms with van der Waals surface area (Å²) < 4.78 is 29.7. The maximum atomic E-state index is 13.7. The zero-order valence-corrected chi connectivity index (χ0v) is 37.4. The fourth-order valence-corrected chi connectivity index (χ4v) is 24.3. The fraction of sp³-hybridized carbons (Fsp3) is 0.806. The molecule has 0 amide bonds. The van der Waals surface area contributed by atoms with Crippen molar-refractivity contribution in [3.05, 3.63) is 16.2 Å². The summed E-state index contributed by atoms with van der Waals surface area (Å²) in [5, 5.41) is 13.6. The Morgan fingerprint density at radius 2 is 1.48 bits per heavy atom. The Hall–Kier alpha value is -0.838. The van der Waals surface area contributed by atoms with E-state index in [9.17, 15) is 5.11 Å². The maximum absolute atomic E-state index is 13.7. The van der Waals surface area contributed by atoms with Crippen LogP contribution in [0.2, 0.25) is 49.6 Å². The van der Waals surface area contributed by atoms with Gasteiger partial charge in [-0.05, 0) is 0 Å². The zero-order chi connectivity index (χ0) is 35.9. The van der Waals surface area contributed by atoms with Crippen molar-refractivity contribution in [1.82, 2.24) is 19.5 Å². The summed E-state index contributed by atoms with van der Waals surface area (Å²) in [5.74, 6) is 1.04. The number of ether oxygens (including phenoxy) is 1. The first-order chi connectivity index (χ1) is 22.2. The van der Waals surface area contributed by atoms with Crippen molar-refractivity contribution < 1.29 is 18.7 Å². The second-order valence-corrected chi connectivity index (χ2v) is 40.1. The van der Waals surface area contributed by atoms with Crippen molar-refractivity contribution in [2.45, 2.75) is 174 Å². The third-order valence-electron chi connectivity index (χ3n) is 12.1. The van der Waals surface area contributed by atoms with Crippen molar-refractivity contribution in [3.63, 3.8) is 0 Å². The van der Waals surface area contributed by atoms with Crippen molar-refractivity contribution >= 4 is 57.6 Å². The van der Waals surface area contributed by atoms with E-state index in [4.69, 9.17) is 29.3 Å². The number of anilines is 1. The van der Waals surface area contributed by atoms with Crippen LogP contribution >= 0.6 is 0 Å². The third-order valence-corrected chi connectivity index (χ3v) is 35.2. The van der Waals surface area contributed by atoms with Crippen molar-refractivity contribution in [2.75, 3.05) is 12.3 Å². The minimum absolute atomic E-state index is 0.0164. The van der Waals surface area contributed by atoms with Gasteiger partial charge in [0, 0.05) is 0 Å². The predicted octanol–water partition coefficient (Wildman–Crippen LogP) is 9.23. The summed E-state index contributed by atoms with van der Waals surface area (Å²) in [7, 11) is -4.58. The summed E-state index contributed by atoms with van der Waals surface area (Å²) >= 11 is -3.09. The molecule has 4 rings (SSSR count). The first-order valence-corrected chi connectivity index (χ1v) is 32.1. The molecule has 0 radical (unpaired) electrons. The molecule has 4 heterocycles. The molecule has 12 heteroatoms. The van der Waals surface area contributed by atoms with Crippen LogP contribution < -0.4 is 5.73 Å². The molecule has 4 atom stereocenters. The second kappa shape index (κ2) is 14.7. The Bertz CT molecular complexity index is 1430. The number of imidazole rings is 1. The van der Waals surface area contributed by atoms with Gasteiger partial charge >= 0.3 is 299 Å². The summed E-state index contributed by atoms with van der Waals surface area (Å²) in [6.07, 6.45) is 6.73. The molecule has 3 N–H and O–H groups in total. The van der Waals surface area contributed by atoms with Gasteiger partial charge in [0.2, 0.25) is 0 Å². The summed E-state index contributed by atoms with van der Waals surface area (Å²) in [4.78, 5) is 14.2. The number of rotatable bonds is 15. The molecular formula is C36H67N5O4Si2Sn. The quantitative estimate of drug-likeness (QED) is 0.171. The van der Waals surface area contributed by atoms with E-state index in [2.05, 4.69) is 102 Å². The number of aromatic nitrogens is 4. The Morgan fingerprint density at radius 3 is 1.98 bits per heavy atom. The van der Waals surface area contributed by atoms with Crippen molar-refractivity contribution in [2.24, 2.45) is 0 Å². The number of hydrogen-bond donors (Lipinski definition) is 2. The third kappa shape index (κ3) is 7.53. The SMILES string of the molecule is CCC[CH2][Sn](/[CH]=C1\c2nc3c(N)ncnc3n2[C@@H]2O[C@H](CO[Si](C)(C)C(C)(C)C)[C@@]1(O)[C@H]2O[Si](C)(C)C(C)(C)C)([CH2]CCC)[CH2]CCC. The van der Waals surface area contributed by atoms with E-state index >= 15 is 0 Å². The van der Waals surface area contributed by atoms with Gasteiger partial charge in [0.25, 0.3) is 0 Å². The van der Waals surface area contributed by atoms with Gasteiger partial charge in [-0.3, -0.25) is 0 Å². The molecular weight excluding hydrogens is 741 g/mol. The van der Waals surface area contributed by atoms with Gasteiger partial charge in [-0.2, -0.15) is 0 Å². The van der Waals surface area contributed by atoms with Crippen LogP contribution in [0.5, 0.6) is 0 Å². The van der Waals surface area contributed by atoms with Gasteiger partial charge in [-0.1, -0.05) is 0 Å². The molecule has 0 saturated carbocycles. The zero-order valence-electron chi connectivity index (χ0n) is 32.5. The molecule has 1 fully saturated rings. The van der Waals surface area contributed by atoms with Crippen LogP contribution in [0.25, 0.3) is 16.7 Å². The average molecular weight is 809 g/mol. The van der Waals surface area contributed by atoms with Crippen LogP contribution in [0.15, 0.2) is 10.4 Å². The van der Waals surface area contributed by atoms with Crippen LogP contribution in [-0.2, 0) is 13.6 Å². The van der Waals surface area contributed by atoms with Crippen LogP contribution in [0.3, 0.4) is 0 Å². The molecule has 0 unspecified atom stereocenters. The monoisotopic (exact) mass is 809 g/mol. The molecule has 2 aliphatic rings. The molecule has 0 spiro atoms. The van der Waals surface area contributed by atoms with Crippen LogP contribution in [-0.4, -0.2) is 84.1 Å². The van der Waals surface area contributed by atoms with Gasteiger partial charge in [-0.25, -0.2) is 0 Å². The molecule has 2 aromatic heterocycles. The van der Waals surface area contributed by atoms with E-state index in [1.54, 1.807) is 0 Å².